The van der Waals surface area contributed by atoms with Gasteiger partial charge in [0.05, 0.1) is 11.6 Å². The largest absolute Gasteiger partial charge is 0.481 e. The minimum atomic E-state index is -0.916. The maximum atomic E-state index is 13.4. The van der Waals surface area contributed by atoms with Gasteiger partial charge in [0.1, 0.15) is 5.82 Å². The Balaban J connectivity index is 2.41. The number of aliphatic carboxylic acids is 1. The van der Waals surface area contributed by atoms with Crippen LogP contribution in [0.3, 0.4) is 0 Å². The highest BCUT2D eigenvalue weighted by Gasteiger charge is 2.11. The molecule has 0 saturated heterocycles. The number of hydrogen-bond acceptors (Lipinski definition) is 2. The lowest BCUT2D eigenvalue weighted by atomic mass is 10.1. The average molecular weight is 333 g/mol. The average Bonchev–Trinajstić information content (AvgIpc) is 2.32. The first-order valence-corrected chi connectivity index (χ1v) is 6.42. The molecule has 104 valence electrons. The molecule has 1 aromatic carbocycles. The highest BCUT2D eigenvalue weighted by atomic mass is 79.9. The molecule has 1 rings (SSSR count). The summed E-state index contributed by atoms with van der Waals surface area (Å²) in [6.45, 7) is 1.76. The van der Waals surface area contributed by atoms with Gasteiger partial charge >= 0.3 is 12.0 Å². The molecule has 0 spiro atoms. The molecule has 2 amide bonds. The van der Waals surface area contributed by atoms with Crippen molar-refractivity contribution in [1.82, 2.24) is 5.32 Å². The lowest BCUT2D eigenvalue weighted by Crippen LogP contribution is -2.31. The normalized spacial score (nSPS) is 11.7. The van der Waals surface area contributed by atoms with Crippen LogP contribution in [0.15, 0.2) is 22.7 Å². The van der Waals surface area contributed by atoms with Crippen LogP contribution in [0, 0.1) is 11.7 Å². The van der Waals surface area contributed by atoms with E-state index in [1.165, 1.54) is 12.1 Å². The van der Waals surface area contributed by atoms with Crippen LogP contribution in [-0.2, 0) is 4.79 Å². The third kappa shape index (κ3) is 5.25. The highest BCUT2D eigenvalue weighted by molar-refractivity contribution is 9.10. The number of rotatable bonds is 5. The van der Waals surface area contributed by atoms with Crippen molar-refractivity contribution in [2.24, 2.45) is 5.92 Å². The molecule has 0 aliphatic heterocycles. The van der Waals surface area contributed by atoms with E-state index in [4.69, 9.17) is 5.11 Å². The Morgan fingerprint density at radius 1 is 1.47 bits per heavy atom. The lowest BCUT2D eigenvalue weighted by molar-refractivity contribution is -0.141. The monoisotopic (exact) mass is 332 g/mol. The molecule has 0 bridgehead atoms. The molecule has 1 unspecified atom stereocenters. The quantitative estimate of drug-likeness (QED) is 0.775. The Morgan fingerprint density at radius 3 is 2.74 bits per heavy atom. The van der Waals surface area contributed by atoms with Crippen LogP contribution < -0.4 is 10.6 Å². The van der Waals surface area contributed by atoms with Crippen molar-refractivity contribution < 1.29 is 19.1 Å². The zero-order valence-corrected chi connectivity index (χ0v) is 11.8. The fourth-order valence-electron chi connectivity index (χ4n) is 1.28. The molecular weight excluding hydrogens is 319 g/mol. The van der Waals surface area contributed by atoms with E-state index in [0.29, 0.717) is 10.9 Å². The standard InChI is InChI=1S/C12H14BrFN2O3/c1-7(11(17)18)4-5-15-12(19)16-10-3-2-8(13)6-9(10)14/h2-3,6-7H,4-5H2,1H3,(H,17,18)(H2,15,16,19). The maximum Gasteiger partial charge on any atom is 0.319 e. The van der Waals surface area contributed by atoms with E-state index in [0.717, 1.165) is 0 Å². The molecule has 0 aliphatic rings. The van der Waals surface area contributed by atoms with Gasteiger partial charge in [0.2, 0.25) is 0 Å². The second kappa shape index (κ2) is 7.08. The molecule has 0 radical (unpaired) electrons. The second-order valence-electron chi connectivity index (χ2n) is 4.03. The summed E-state index contributed by atoms with van der Waals surface area (Å²) >= 11 is 3.11. The van der Waals surface area contributed by atoms with Crippen molar-refractivity contribution in [3.63, 3.8) is 0 Å². The van der Waals surface area contributed by atoms with Gasteiger partial charge in [-0.1, -0.05) is 22.9 Å². The summed E-state index contributed by atoms with van der Waals surface area (Å²) in [4.78, 5) is 22.0. The molecular formula is C12H14BrFN2O3. The van der Waals surface area contributed by atoms with Crippen LogP contribution in [-0.4, -0.2) is 23.7 Å². The maximum absolute atomic E-state index is 13.4. The fourth-order valence-corrected chi connectivity index (χ4v) is 1.62. The molecule has 3 N–H and O–H groups in total. The smallest absolute Gasteiger partial charge is 0.319 e. The van der Waals surface area contributed by atoms with Crippen molar-refractivity contribution in [3.8, 4) is 0 Å². The van der Waals surface area contributed by atoms with Crippen LogP contribution in [0.5, 0.6) is 0 Å². The van der Waals surface area contributed by atoms with Crippen molar-refractivity contribution in [2.45, 2.75) is 13.3 Å². The molecule has 0 saturated carbocycles. The SMILES string of the molecule is CC(CCNC(=O)Nc1ccc(Br)cc1F)C(=O)O. The predicted molar refractivity (Wildman–Crippen MR) is 72.5 cm³/mol. The van der Waals surface area contributed by atoms with Crippen LogP contribution in [0.2, 0.25) is 0 Å². The van der Waals surface area contributed by atoms with Gasteiger partial charge in [0.15, 0.2) is 0 Å². The van der Waals surface area contributed by atoms with Gasteiger partial charge < -0.3 is 15.7 Å². The van der Waals surface area contributed by atoms with Gasteiger partial charge in [-0.25, -0.2) is 9.18 Å². The number of carboxylic acids is 1. The summed E-state index contributed by atoms with van der Waals surface area (Å²) in [5.74, 6) is -2.01. The van der Waals surface area contributed by atoms with Crippen LogP contribution in [0.4, 0.5) is 14.9 Å². The molecule has 0 fully saturated rings. The minimum Gasteiger partial charge on any atom is -0.481 e. The molecule has 0 aliphatic carbocycles. The Kier molecular flexibility index (Phi) is 5.75. The van der Waals surface area contributed by atoms with Crippen molar-refractivity contribution >= 4 is 33.6 Å². The zero-order chi connectivity index (χ0) is 14.4. The summed E-state index contributed by atoms with van der Waals surface area (Å²) in [7, 11) is 0. The van der Waals surface area contributed by atoms with Gasteiger partial charge in [-0.05, 0) is 24.6 Å². The molecule has 7 heteroatoms. The summed E-state index contributed by atoms with van der Waals surface area (Å²) < 4.78 is 14.0. The van der Waals surface area contributed by atoms with E-state index in [2.05, 4.69) is 26.6 Å². The third-order valence-corrected chi connectivity index (χ3v) is 2.96. The molecule has 5 nitrogen and oxygen atoms in total. The number of nitrogens with one attached hydrogen (secondary N) is 2. The number of carbonyl (C=O) groups excluding carboxylic acids is 1. The summed E-state index contributed by atoms with van der Waals surface area (Å²) in [6.07, 6.45) is 0.311. The van der Waals surface area contributed by atoms with E-state index in [1.807, 2.05) is 0 Å². The summed E-state index contributed by atoms with van der Waals surface area (Å²) in [6, 6.07) is 3.70. The van der Waals surface area contributed by atoms with E-state index in [1.54, 1.807) is 13.0 Å². The van der Waals surface area contributed by atoms with E-state index in [9.17, 15) is 14.0 Å². The Hall–Kier alpha value is -1.63. The minimum absolute atomic E-state index is 0.0620. The zero-order valence-electron chi connectivity index (χ0n) is 10.2. The van der Waals surface area contributed by atoms with Crippen LogP contribution in [0.25, 0.3) is 0 Å². The van der Waals surface area contributed by atoms with Crippen molar-refractivity contribution in [1.29, 1.82) is 0 Å². The molecule has 1 atom stereocenters. The number of hydrogen-bond donors (Lipinski definition) is 3. The van der Waals surface area contributed by atoms with E-state index < -0.39 is 23.7 Å². The molecule has 0 heterocycles. The fraction of sp³-hybridized carbons (Fsp3) is 0.333. The van der Waals surface area contributed by atoms with E-state index >= 15 is 0 Å². The third-order valence-electron chi connectivity index (χ3n) is 2.46. The first kappa shape index (κ1) is 15.4. The number of urea groups is 1. The van der Waals surface area contributed by atoms with Crippen molar-refractivity contribution in [3.05, 3.63) is 28.5 Å². The van der Waals surface area contributed by atoms with Gasteiger partial charge in [0.25, 0.3) is 0 Å². The van der Waals surface area contributed by atoms with Crippen molar-refractivity contribution in [2.75, 3.05) is 11.9 Å². The first-order valence-electron chi connectivity index (χ1n) is 5.63. The second-order valence-corrected chi connectivity index (χ2v) is 4.95. The Labute approximate surface area is 118 Å². The summed E-state index contributed by atoms with van der Waals surface area (Å²) in [5, 5.41) is 13.5. The number of carbonyl (C=O) groups is 2. The number of halogens is 2. The Morgan fingerprint density at radius 2 is 2.16 bits per heavy atom. The number of benzene rings is 1. The molecule has 19 heavy (non-hydrogen) atoms. The molecule has 0 aromatic heterocycles. The number of anilines is 1. The van der Waals surface area contributed by atoms with Gasteiger partial charge in [-0.3, -0.25) is 4.79 Å². The van der Waals surface area contributed by atoms with Crippen LogP contribution in [0.1, 0.15) is 13.3 Å². The number of carboxylic acid groups (broad SMARTS) is 1. The Bertz CT molecular complexity index is 482. The topological polar surface area (TPSA) is 78.4 Å². The lowest BCUT2D eigenvalue weighted by Gasteiger charge is -2.10. The van der Waals surface area contributed by atoms with Crippen LogP contribution >= 0.6 is 15.9 Å². The van der Waals surface area contributed by atoms with Gasteiger partial charge in [-0.15, -0.1) is 0 Å². The first-order chi connectivity index (χ1) is 8.90. The van der Waals surface area contributed by atoms with Gasteiger partial charge in [-0.2, -0.15) is 0 Å². The van der Waals surface area contributed by atoms with Gasteiger partial charge in [0, 0.05) is 11.0 Å². The predicted octanol–water partition coefficient (Wildman–Crippen LogP) is 2.82. The highest BCUT2D eigenvalue weighted by Crippen LogP contribution is 2.19. The molecule has 1 aromatic rings. The summed E-state index contributed by atoms with van der Waals surface area (Å²) in [5.41, 5.74) is 0.0620. The number of amides is 2. The van der Waals surface area contributed by atoms with E-state index in [-0.39, 0.29) is 12.2 Å².